The van der Waals surface area contributed by atoms with E-state index in [2.05, 4.69) is 0 Å². The summed E-state index contributed by atoms with van der Waals surface area (Å²) < 4.78 is 0. The summed E-state index contributed by atoms with van der Waals surface area (Å²) in [5.74, 6) is -1.14. The Morgan fingerprint density at radius 3 is 2.14 bits per heavy atom. The average Bonchev–Trinajstić information content (AvgIpc) is 1.35. The first-order chi connectivity index (χ1) is 2.77. The number of carboxylic acid groups (broad SMARTS) is 1. The van der Waals surface area contributed by atoms with Crippen molar-refractivity contribution in [1.29, 1.82) is 0 Å². The van der Waals surface area contributed by atoms with E-state index in [1.165, 1.54) is 6.08 Å². The summed E-state index contributed by atoms with van der Waals surface area (Å²) in [6.45, 7) is 1.62. The van der Waals surface area contributed by atoms with Crippen LogP contribution < -0.4 is 24.0 Å². The Kier molecular flexibility index (Phi) is 8.24. The van der Waals surface area contributed by atoms with Gasteiger partial charge in [0.2, 0.25) is 0 Å². The fourth-order valence-corrected chi connectivity index (χ4v) is 0.136. The predicted octanol–water partition coefficient (Wildman–Crippen LogP) is -3.68. The first-order valence-corrected chi connectivity index (χ1v) is 1.61. The Bertz CT molecular complexity index is 77.8. The molecule has 0 aromatic heterocycles. The molecule has 0 spiro atoms. The first kappa shape index (κ1) is 9.93. The van der Waals surface area contributed by atoms with Crippen LogP contribution in [0.25, 0.3) is 0 Å². The third-order valence-electron chi connectivity index (χ3n) is 0.303. The van der Waals surface area contributed by atoms with Gasteiger partial charge in [0.1, 0.15) is 0 Å². The van der Waals surface area contributed by atoms with E-state index in [-0.39, 0.29) is 18.9 Å². The van der Waals surface area contributed by atoms with Crippen molar-refractivity contribution in [1.82, 2.24) is 0 Å². The molecule has 0 aromatic rings. The molecule has 0 saturated carbocycles. The van der Waals surface area contributed by atoms with Crippen LogP contribution in [0.2, 0.25) is 0 Å². The molecule has 0 saturated heterocycles. The van der Waals surface area contributed by atoms with Crippen molar-refractivity contribution in [2.75, 3.05) is 0 Å². The van der Waals surface area contributed by atoms with Crippen LogP contribution in [0.1, 0.15) is 6.92 Å². The largest absolute Gasteiger partial charge is 1.00 e. The van der Waals surface area contributed by atoms with Gasteiger partial charge in [-0.15, -0.1) is 0 Å². The van der Waals surface area contributed by atoms with Crippen LogP contribution in [0.3, 0.4) is 0 Å². The maximum atomic E-state index is 9.40. The molecule has 34 valence electrons. The molecule has 0 rings (SSSR count). The molecule has 0 aliphatic rings. The molecule has 0 bridgehead atoms. The van der Waals surface area contributed by atoms with E-state index in [4.69, 9.17) is 0 Å². The van der Waals surface area contributed by atoms with Crippen molar-refractivity contribution in [3.05, 3.63) is 12.2 Å². The van der Waals surface area contributed by atoms with Gasteiger partial charge in [0.25, 0.3) is 0 Å². The van der Waals surface area contributed by atoms with E-state index in [9.17, 15) is 9.90 Å². The van der Waals surface area contributed by atoms with Gasteiger partial charge in [-0.25, -0.2) is 0 Å². The zero-order valence-corrected chi connectivity index (χ0v) is 4.47. The van der Waals surface area contributed by atoms with E-state index in [0.29, 0.717) is 0 Å². The van der Waals surface area contributed by atoms with Gasteiger partial charge in [0, 0.05) is 0 Å². The second-order valence-electron chi connectivity index (χ2n) is 0.819. The number of carboxylic acids is 1. The summed E-state index contributed by atoms with van der Waals surface area (Å²) in [5, 5.41) is 9.40. The zero-order valence-electron chi connectivity index (χ0n) is 4.47. The van der Waals surface area contributed by atoms with E-state index in [1.54, 1.807) is 6.92 Å². The maximum Gasteiger partial charge on any atom is 1.00 e. The average molecular weight is 92.0 g/mol. The van der Waals surface area contributed by atoms with Gasteiger partial charge in [0.05, 0.1) is 5.97 Å². The maximum absolute atomic E-state index is 9.40. The standard InChI is InChI=1S/C4H6O2.Li/c1-2-3-4(5)6;/h2-3H,1H3,(H,5,6);/q;+1/p-1. The quantitative estimate of drug-likeness (QED) is 0.247. The monoisotopic (exact) mass is 92.0 g/mol. The van der Waals surface area contributed by atoms with Crippen LogP contribution in [0, 0.1) is 0 Å². The fourth-order valence-electron chi connectivity index (χ4n) is 0.136. The third kappa shape index (κ3) is 10.7. The number of hydrogen-bond donors (Lipinski definition) is 0. The van der Waals surface area contributed by atoms with Crippen molar-refractivity contribution in [2.45, 2.75) is 6.92 Å². The van der Waals surface area contributed by atoms with Crippen LogP contribution >= 0.6 is 0 Å². The normalized spacial score (nSPS) is 8.14. The van der Waals surface area contributed by atoms with Gasteiger partial charge in [0.15, 0.2) is 0 Å². The van der Waals surface area contributed by atoms with Crippen molar-refractivity contribution in [3.8, 4) is 0 Å². The number of rotatable bonds is 1. The molecule has 0 aliphatic carbocycles. The molecule has 2 nitrogen and oxygen atoms in total. The number of allylic oxidation sites excluding steroid dienone is 1. The van der Waals surface area contributed by atoms with E-state index in [0.717, 1.165) is 6.08 Å². The van der Waals surface area contributed by atoms with Crippen LogP contribution in [-0.4, -0.2) is 5.97 Å². The van der Waals surface area contributed by atoms with E-state index < -0.39 is 5.97 Å². The molecule has 0 heterocycles. The summed E-state index contributed by atoms with van der Waals surface area (Å²) in [4.78, 5) is 9.40. The molecule has 0 unspecified atom stereocenters. The molecule has 7 heavy (non-hydrogen) atoms. The summed E-state index contributed by atoms with van der Waals surface area (Å²) in [5.41, 5.74) is 0. The molecule has 0 atom stereocenters. The topological polar surface area (TPSA) is 40.1 Å². The second-order valence-corrected chi connectivity index (χ2v) is 0.819. The van der Waals surface area contributed by atoms with Crippen molar-refractivity contribution in [3.63, 3.8) is 0 Å². The molecule has 0 amide bonds. The zero-order chi connectivity index (χ0) is 4.99. The Hall–Kier alpha value is -0.193. The van der Waals surface area contributed by atoms with Gasteiger partial charge < -0.3 is 9.90 Å². The third-order valence-corrected chi connectivity index (χ3v) is 0.303. The molecule has 0 N–H and O–H groups in total. The molecule has 0 aliphatic heterocycles. The Morgan fingerprint density at radius 2 is 2.14 bits per heavy atom. The molecule has 0 fully saturated rings. The van der Waals surface area contributed by atoms with E-state index >= 15 is 0 Å². The van der Waals surface area contributed by atoms with Crippen LogP contribution in [0.4, 0.5) is 0 Å². The SMILES string of the molecule is CC=CC(=O)[O-].[Li+]. The van der Waals surface area contributed by atoms with Crippen LogP contribution in [0.15, 0.2) is 12.2 Å². The number of carbonyl (C=O) groups excluding carboxylic acids is 1. The summed E-state index contributed by atoms with van der Waals surface area (Å²) in [6.07, 6.45) is 2.38. The Morgan fingerprint density at radius 1 is 1.71 bits per heavy atom. The first-order valence-electron chi connectivity index (χ1n) is 1.61. The minimum absolute atomic E-state index is 0. The molecular formula is C4H5LiO2. The molecule has 3 heteroatoms. The van der Waals surface area contributed by atoms with Crippen LogP contribution in [0.5, 0.6) is 0 Å². The van der Waals surface area contributed by atoms with E-state index in [1.807, 2.05) is 0 Å². The second kappa shape index (κ2) is 5.81. The number of carbonyl (C=O) groups is 1. The van der Waals surface area contributed by atoms with Crippen molar-refractivity contribution >= 4 is 5.97 Å². The van der Waals surface area contributed by atoms with Gasteiger partial charge >= 0.3 is 18.9 Å². The smallest absolute Gasteiger partial charge is 0.545 e. The summed E-state index contributed by atoms with van der Waals surface area (Å²) in [6, 6.07) is 0. The minimum atomic E-state index is -1.14. The Balaban J connectivity index is 0. The van der Waals surface area contributed by atoms with Gasteiger partial charge in [-0.1, -0.05) is 6.08 Å². The molecular weight excluding hydrogens is 87.0 g/mol. The van der Waals surface area contributed by atoms with Gasteiger partial charge in [-0.05, 0) is 13.0 Å². The van der Waals surface area contributed by atoms with Gasteiger partial charge in [-0.3, -0.25) is 0 Å². The number of hydrogen-bond acceptors (Lipinski definition) is 2. The molecule has 0 aromatic carbocycles. The fraction of sp³-hybridized carbons (Fsp3) is 0.250. The summed E-state index contributed by atoms with van der Waals surface area (Å²) in [7, 11) is 0. The predicted molar refractivity (Wildman–Crippen MR) is 19.8 cm³/mol. The summed E-state index contributed by atoms with van der Waals surface area (Å²) >= 11 is 0. The molecule has 0 radical (unpaired) electrons. The Labute approximate surface area is 54.4 Å². The van der Waals surface area contributed by atoms with Gasteiger partial charge in [-0.2, -0.15) is 0 Å². The van der Waals surface area contributed by atoms with Crippen molar-refractivity contribution in [2.24, 2.45) is 0 Å². The number of aliphatic carboxylic acids is 1. The minimum Gasteiger partial charge on any atom is -0.545 e. The van der Waals surface area contributed by atoms with Crippen LogP contribution in [-0.2, 0) is 4.79 Å². The van der Waals surface area contributed by atoms with Crippen molar-refractivity contribution < 1.29 is 28.8 Å².